The van der Waals surface area contributed by atoms with Crippen molar-refractivity contribution in [3.63, 3.8) is 0 Å². The Morgan fingerprint density at radius 2 is 2.06 bits per heavy atom. The van der Waals surface area contributed by atoms with E-state index < -0.39 is 0 Å². The molecule has 0 fully saturated rings. The molecule has 0 aliphatic heterocycles. The van der Waals surface area contributed by atoms with Crippen LogP contribution in [-0.2, 0) is 6.42 Å². The minimum atomic E-state index is 0.168. The molecule has 3 nitrogen and oxygen atoms in total. The predicted octanol–water partition coefficient (Wildman–Crippen LogP) is 2.79. The van der Waals surface area contributed by atoms with Gasteiger partial charge in [0.05, 0.1) is 19.4 Å². The fourth-order valence-electron chi connectivity index (χ4n) is 1.93. The van der Waals surface area contributed by atoms with Gasteiger partial charge in [0.15, 0.2) is 0 Å². The maximum Gasteiger partial charge on any atom is 0.122 e. The van der Waals surface area contributed by atoms with Gasteiger partial charge < -0.3 is 14.5 Å². The first-order valence-electron chi connectivity index (χ1n) is 5.67. The Morgan fingerprint density at radius 1 is 1.24 bits per heavy atom. The molecule has 0 saturated carbocycles. The number of rotatable bonds is 5. The Labute approximate surface area is 101 Å². The zero-order valence-corrected chi connectivity index (χ0v) is 10.1. The van der Waals surface area contributed by atoms with Crippen LogP contribution < -0.4 is 10.1 Å². The molecule has 1 unspecified atom stereocenters. The van der Waals surface area contributed by atoms with Gasteiger partial charge in [0.2, 0.25) is 0 Å². The highest BCUT2D eigenvalue weighted by Gasteiger charge is 2.14. The highest BCUT2D eigenvalue weighted by Crippen LogP contribution is 2.24. The third-order valence-corrected chi connectivity index (χ3v) is 2.85. The number of hydrogen-bond donors (Lipinski definition) is 1. The summed E-state index contributed by atoms with van der Waals surface area (Å²) in [6.45, 7) is 0. The molecule has 2 rings (SSSR count). The van der Waals surface area contributed by atoms with E-state index in [1.807, 2.05) is 37.4 Å². The standard InChI is InChI=1S/C14H17NO2/c1-15-12(14-8-5-9-17-14)10-11-6-3-4-7-13(11)16-2/h3-9,12,15H,10H2,1-2H3. The summed E-state index contributed by atoms with van der Waals surface area (Å²) in [7, 11) is 3.63. The Morgan fingerprint density at radius 3 is 2.71 bits per heavy atom. The Kier molecular flexibility index (Phi) is 3.83. The monoisotopic (exact) mass is 231 g/mol. The van der Waals surface area contributed by atoms with Crippen molar-refractivity contribution in [2.24, 2.45) is 0 Å². The van der Waals surface area contributed by atoms with Gasteiger partial charge in [-0.3, -0.25) is 0 Å². The van der Waals surface area contributed by atoms with Gasteiger partial charge >= 0.3 is 0 Å². The summed E-state index contributed by atoms with van der Waals surface area (Å²) in [5.41, 5.74) is 1.17. The van der Waals surface area contributed by atoms with E-state index in [1.54, 1.807) is 13.4 Å². The van der Waals surface area contributed by atoms with E-state index in [9.17, 15) is 0 Å². The molecule has 17 heavy (non-hydrogen) atoms. The second kappa shape index (κ2) is 5.55. The zero-order valence-electron chi connectivity index (χ0n) is 10.1. The Balaban J connectivity index is 2.18. The lowest BCUT2D eigenvalue weighted by atomic mass is 10.0. The van der Waals surface area contributed by atoms with Gasteiger partial charge in [-0.2, -0.15) is 0 Å². The summed E-state index contributed by atoms with van der Waals surface area (Å²) < 4.78 is 10.8. The first kappa shape index (κ1) is 11.7. The third kappa shape index (κ3) is 2.68. The fraction of sp³-hybridized carbons (Fsp3) is 0.286. The smallest absolute Gasteiger partial charge is 0.122 e. The van der Waals surface area contributed by atoms with Crippen molar-refractivity contribution in [2.45, 2.75) is 12.5 Å². The number of methoxy groups -OCH3 is 1. The van der Waals surface area contributed by atoms with Crippen molar-refractivity contribution in [3.05, 3.63) is 54.0 Å². The summed E-state index contributed by atoms with van der Waals surface area (Å²) in [5.74, 6) is 1.86. The second-order valence-electron chi connectivity index (χ2n) is 3.87. The molecule has 0 spiro atoms. The van der Waals surface area contributed by atoms with E-state index in [1.165, 1.54) is 5.56 Å². The van der Waals surface area contributed by atoms with Crippen LogP contribution in [-0.4, -0.2) is 14.2 Å². The molecule has 0 saturated heterocycles. The normalized spacial score (nSPS) is 12.4. The number of likely N-dealkylation sites (N-methyl/N-ethyl adjacent to an activating group) is 1. The van der Waals surface area contributed by atoms with Gasteiger partial charge in [0.1, 0.15) is 11.5 Å². The number of ether oxygens (including phenoxy) is 1. The molecule has 3 heteroatoms. The molecule has 2 aromatic rings. The molecule has 1 aromatic carbocycles. The largest absolute Gasteiger partial charge is 0.496 e. The molecule has 1 aromatic heterocycles. The van der Waals surface area contributed by atoms with Gasteiger partial charge in [0, 0.05) is 0 Å². The van der Waals surface area contributed by atoms with Crippen LogP contribution in [0.1, 0.15) is 17.4 Å². The number of furan rings is 1. The van der Waals surface area contributed by atoms with Crippen molar-refractivity contribution in [3.8, 4) is 5.75 Å². The molecular weight excluding hydrogens is 214 g/mol. The van der Waals surface area contributed by atoms with E-state index in [-0.39, 0.29) is 6.04 Å². The average Bonchev–Trinajstić information content (AvgIpc) is 2.90. The highest BCUT2D eigenvalue weighted by molar-refractivity contribution is 5.34. The summed E-state index contributed by atoms with van der Waals surface area (Å²) in [6.07, 6.45) is 2.54. The first-order valence-corrected chi connectivity index (χ1v) is 5.67. The van der Waals surface area contributed by atoms with Crippen LogP contribution in [0, 0.1) is 0 Å². The van der Waals surface area contributed by atoms with Gasteiger partial charge in [-0.1, -0.05) is 18.2 Å². The van der Waals surface area contributed by atoms with Crippen molar-refractivity contribution in [1.82, 2.24) is 5.32 Å². The van der Waals surface area contributed by atoms with Crippen LogP contribution in [0.4, 0.5) is 0 Å². The highest BCUT2D eigenvalue weighted by atomic mass is 16.5. The van der Waals surface area contributed by atoms with Crippen LogP contribution >= 0.6 is 0 Å². The van der Waals surface area contributed by atoms with Gasteiger partial charge in [-0.05, 0) is 37.2 Å². The molecule has 1 N–H and O–H groups in total. The molecule has 1 heterocycles. The van der Waals surface area contributed by atoms with E-state index >= 15 is 0 Å². The molecule has 0 radical (unpaired) electrons. The zero-order chi connectivity index (χ0) is 12.1. The Hall–Kier alpha value is -1.74. The summed E-state index contributed by atoms with van der Waals surface area (Å²) in [4.78, 5) is 0. The number of benzene rings is 1. The molecule has 90 valence electrons. The van der Waals surface area contributed by atoms with E-state index in [0.29, 0.717) is 0 Å². The summed E-state index contributed by atoms with van der Waals surface area (Å²) in [6, 6.07) is 12.1. The van der Waals surface area contributed by atoms with Gasteiger partial charge in [-0.15, -0.1) is 0 Å². The van der Waals surface area contributed by atoms with Crippen molar-refractivity contribution < 1.29 is 9.15 Å². The molecule has 0 amide bonds. The molecule has 0 bridgehead atoms. The molecular formula is C14H17NO2. The van der Waals surface area contributed by atoms with Crippen LogP contribution in [0.25, 0.3) is 0 Å². The van der Waals surface area contributed by atoms with Crippen LogP contribution in [0.3, 0.4) is 0 Å². The lowest BCUT2D eigenvalue weighted by molar-refractivity contribution is 0.397. The average molecular weight is 231 g/mol. The predicted molar refractivity (Wildman–Crippen MR) is 67.2 cm³/mol. The second-order valence-corrected chi connectivity index (χ2v) is 3.87. The quantitative estimate of drug-likeness (QED) is 0.859. The first-order chi connectivity index (χ1) is 8.35. The van der Waals surface area contributed by atoms with Crippen molar-refractivity contribution >= 4 is 0 Å². The lowest BCUT2D eigenvalue weighted by Gasteiger charge is -2.15. The maximum atomic E-state index is 5.43. The van der Waals surface area contributed by atoms with Gasteiger partial charge in [0.25, 0.3) is 0 Å². The van der Waals surface area contributed by atoms with Crippen molar-refractivity contribution in [1.29, 1.82) is 0 Å². The lowest BCUT2D eigenvalue weighted by Crippen LogP contribution is -2.18. The van der Waals surface area contributed by atoms with E-state index in [2.05, 4.69) is 11.4 Å². The third-order valence-electron chi connectivity index (χ3n) is 2.85. The van der Waals surface area contributed by atoms with Crippen LogP contribution in [0.2, 0.25) is 0 Å². The summed E-state index contributed by atoms with van der Waals surface area (Å²) >= 11 is 0. The van der Waals surface area contributed by atoms with Crippen LogP contribution in [0.15, 0.2) is 47.1 Å². The van der Waals surface area contributed by atoms with E-state index in [0.717, 1.165) is 17.9 Å². The molecule has 1 atom stereocenters. The number of hydrogen-bond acceptors (Lipinski definition) is 3. The maximum absolute atomic E-state index is 5.43. The fourth-order valence-corrected chi connectivity index (χ4v) is 1.93. The topological polar surface area (TPSA) is 34.4 Å². The van der Waals surface area contributed by atoms with E-state index in [4.69, 9.17) is 9.15 Å². The summed E-state index contributed by atoms with van der Waals surface area (Å²) in [5, 5.41) is 3.25. The minimum absolute atomic E-state index is 0.168. The SMILES string of the molecule is CNC(Cc1ccccc1OC)c1ccco1. The minimum Gasteiger partial charge on any atom is -0.496 e. The number of nitrogens with one attached hydrogen (secondary N) is 1. The number of para-hydroxylation sites is 1. The Bertz CT molecular complexity index is 451. The van der Waals surface area contributed by atoms with Gasteiger partial charge in [-0.25, -0.2) is 0 Å². The molecule has 0 aliphatic rings. The molecule has 0 aliphatic carbocycles. The van der Waals surface area contributed by atoms with Crippen molar-refractivity contribution in [2.75, 3.05) is 14.2 Å². The van der Waals surface area contributed by atoms with Crippen LogP contribution in [0.5, 0.6) is 5.75 Å².